The third-order valence-electron chi connectivity index (χ3n) is 4.40. The number of amides is 1. The van der Waals surface area contributed by atoms with Gasteiger partial charge in [0.2, 0.25) is 5.91 Å². The minimum absolute atomic E-state index is 0.0735. The smallest absolute Gasteiger partial charge is 0.261 e. The van der Waals surface area contributed by atoms with Crippen LogP contribution >= 0.6 is 15.9 Å². The molecule has 0 fully saturated rings. The topological polar surface area (TPSA) is 64.0 Å². The Morgan fingerprint density at radius 1 is 1.19 bits per heavy atom. The van der Waals surface area contributed by atoms with Gasteiger partial charge in [0.15, 0.2) is 0 Å². The summed E-state index contributed by atoms with van der Waals surface area (Å²) in [5.74, 6) is 0.535. The molecule has 0 unspecified atom stereocenters. The van der Waals surface area contributed by atoms with Gasteiger partial charge in [0.05, 0.1) is 16.9 Å². The summed E-state index contributed by atoms with van der Waals surface area (Å²) < 4.78 is 2.48. The van der Waals surface area contributed by atoms with Crippen LogP contribution in [-0.4, -0.2) is 15.5 Å². The predicted molar refractivity (Wildman–Crippen MR) is 106 cm³/mol. The van der Waals surface area contributed by atoms with Gasteiger partial charge >= 0.3 is 0 Å². The molecule has 2 aromatic carbocycles. The molecular formula is C20H20BrN3O2. The van der Waals surface area contributed by atoms with Crippen molar-refractivity contribution in [2.24, 2.45) is 7.05 Å². The molecule has 26 heavy (non-hydrogen) atoms. The molecular weight excluding hydrogens is 394 g/mol. The number of nitrogens with zero attached hydrogens (tertiary/aromatic N) is 2. The Labute approximate surface area is 160 Å². The molecule has 1 aromatic heterocycles. The molecule has 0 spiro atoms. The third kappa shape index (κ3) is 3.85. The zero-order valence-electron chi connectivity index (χ0n) is 14.7. The number of fused-ring (bicyclic) bond motifs is 1. The molecule has 1 N–H and O–H groups in total. The first-order valence-electron chi connectivity index (χ1n) is 8.46. The van der Waals surface area contributed by atoms with E-state index >= 15 is 0 Å². The van der Waals surface area contributed by atoms with E-state index in [9.17, 15) is 9.59 Å². The monoisotopic (exact) mass is 413 g/mol. The number of halogens is 1. The lowest BCUT2D eigenvalue weighted by molar-refractivity contribution is -0.121. The lowest BCUT2D eigenvalue weighted by atomic mass is 10.1. The molecule has 5 nitrogen and oxygen atoms in total. The first kappa shape index (κ1) is 18.3. The van der Waals surface area contributed by atoms with E-state index in [1.54, 1.807) is 13.1 Å². The van der Waals surface area contributed by atoms with Crippen molar-refractivity contribution in [2.75, 3.05) is 0 Å². The van der Waals surface area contributed by atoms with Crippen LogP contribution in [0.25, 0.3) is 10.9 Å². The highest BCUT2D eigenvalue weighted by atomic mass is 79.9. The third-order valence-corrected chi connectivity index (χ3v) is 5.12. The summed E-state index contributed by atoms with van der Waals surface area (Å²) in [5.41, 5.74) is 1.59. The molecule has 0 saturated heterocycles. The average molecular weight is 414 g/mol. The van der Waals surface area contributed by atoms with Crippen molar-refractivity contribution in [1.82, 2.24) is 14.9 Å². The van der Waals surface area contributed by atoms with Crippen molar-refractivity contribution in [2.45, 2.75) is 25.8 Å². The maximum atomic E-state index is 12.4. The van der Waals surface area contributed by atoms with Gasteiger partial charge in [0.25, 0.3) is 5.56 Å². The Balaban J connectivity index is 1.70. The van der Waals surface area contributed by atoms with Gasteiger partial charge in [-0.1, -0.05) is 46.3 Å². The fraction of sp³-hybridized carbons (Fsp3) is 0.250. The van der Waals surface area contributed by atoms with Gasteiger partial charge in [0.1, 0.15) is 5.82 Å². The summed E-state index contributed by atoms with van der Waals surface area (Å²) in [6, 6.07) is 15.0. The van der Waals surface area contributed by atoms with Crippen molar-refractivity contribution in [1.29, 1.82) is 0 Å². The molecule has 6 heteroatoms. The Kier molecular flexibility index (Phi) is 5.52. The summed E-state index contributed by atoms with van der Waals surface area (Å²) in [7, 11) is 1.69. The molecule has 0 aliphatic carbocycles. The number of hydrogen-bond acceptors (Lipinski definition) is 3. The van der Waals surface area contributed by atoms with Gasteiger partial charge in [-0.2, -0.15) is 0 Å². The summed E-state index contributed by atoms with van der Waals surface area (Å²) in [5, 5.41) is 3.58. The van der Waals surface area contributed by atoms with Crippen LogP contribution in [0.15, 0.2) is 57.8 Å². The first-order chi connectivity index (χ1) is 12.5. The van der Waals surface area contributed by atoms with Crippen LogP contribution in [0.2, 0.25) is 0 Å². The summed E-state index contributed by atoms with van der Waals surface area (Å²) in [4.78, 5) is 29.3. The number of hydrogen-bond donors (Lipinski definition) is 1. The number of aryl methyl sites for hydroxylation is 1. The van der Waals surface area contributed by atoms with E-state index in [4.69, 9.17) is 0 Å². The fourth-order valence-electron chi connectivity index (χ4n) is 2.93. The minimum Gasteiger partial charge on any atom is -0.350 e. The van der Waals surface area contributed by atoms with Crippen molar-refractivity contribution in [3.05, 3.63) is 74.7 Å². The van der Waals surface area contributed by atoms with Gasteiger partial charge in [-0.15, -0.1) is 0 Å². The average Bonchev–Trinajstić information content (AvgIpc) is 2.64. The zero-order valence-corrected chi connectivity index (χ0v) is 16.3. The first-order valence-corrected chi connectivity index (χ1v) is 9.25. The molecule has 3 rings (SSSR count). The highest BCUT2D eigenvalue weighted by Gasteiger charge is 2.14. The maximum absolute atomic E-state index is 12.4. The molecule has 0 aliphatic rings. The second-order valence-electron chi connectivity index (χ2n) is 6.22. The summed E-state index contributed by atoms with van der Waals surface area (Å²) in [6.45, 7) is 1.95. The fourth-order valence-corrected chi connectivity index (χ4v) is 3.56. The van der Waals surface area contributed by atoms with Crippen molar-refractivity contribution in [3.63, 3.8) is 0 Å². The molecule has 0 radical (unpaired) electrons. The van der Waals surface area contributed by atoms with Crippen molar-refractivity contribution in [3.8, 4) is 0 Å². The quantitative estimate of drug-likeness (QED) is 0.695. The van der Waals surface area contributed by atoms with Gasteiger partial charge in [0, 0.05) is 24.4 Å². The highest BCUT2D eigenvalue weighted by molar-refractivity contribution is 9.10. The summed E-state index contributed by atoms with van der Waals surface area (Å²) in [6.07, 6.45) is 0.679. The van der Waals surface area contributed by atoms with E-state index in [1.807, 2.05) is 49.4 Å². The molecule has 0 bridgehead atoms. The van der Waals surface area contributed by atoms with Gasteiger partial charge in [-0.05, 0) is 30.7 Å². The standard InChI is InChI=1S/C20H20BrN3O2/c1-13(14-7-3-5-9-16(14)21)22-19(25)12-11-18-23-17-10-6-4-8-15(17)20(26)24(18)2/h3-10,13H,11-12H2,1-2H3,(H,22,25)/t13-/m1/s1. The lowest BCUT2D eigenvalue weighted by Gasteiger charge is -2.16. The SMILES string of the molecule is C[C@@H](NC(=O)CCc1nc2ccccc2c(=O)n1C)c1ccccc1Br. The normalized spacial score (nSPS) is 12.1. The summed E-state index contributed by atoms with van der Waals surface area (Å²) >= 11 is 3.50. The van der Waals surface area contributed by atoms with Crippen molar-refractivity contribution >= 4 is 32.7 Å². The van der Waals surface area contributed by atoms with E-state index in [2.05, 4.69) is 26.2 Å². The Hall–Kier alpha value is -2.47. The molecule has 3 aromatic rings. The minimum atomic E-state index is -0.105. The number of rotatable bonds is 5. The van der Waals surface area contributed by atoms with Crippen LogP contribution in [0.5, 0.6) is 0 Å². The highest BCUT2D eigenvalue weighted by Crippen LogP contribution is 2.22. The van der Waals surface area contributed by atoms with E-state index in [0.29, 0.717) is 23.1 Å². The van der Waals surface area contributed by atoms with E-state index in [0.717, 1.165) is 10.0 Å². The number of aromatic nitrogens is 2. The molecule has 1 amide bonds. The molecule has 0 aliphatic heterocycles. The van der Waals surface area contributed by atoms with Crippen molar-refractivity contribution < 1.29 is 4.79 Å². The Bertz CT molecular complexity index is 1010. The van der Waals surface area contributed by atoms with E-state index in [1.165, 1.54) is 4.57 Å². The van der Waals surface area contributed by atoms with Gasteiger partial charge < -0.3 is 5.32 Å². The largest absolute Gasteiger partial charge is 0.350 e. The molecule has 134 valence electrons. The second kappa shape index (κ2) is 7.83. The number of carbonyl (C=O) groups excluding carboxylic acids is 1. The van der Waals surface area contributed by atoms with Crippen LogP contribution in [0.1, 0.15) is 30.8 Å². The van der Waals surface area contributed by atoms with E-state index in [-0.39, 0.29) is 23.9 Å². The lowest BCUT2D eigenvalue weighted by Crippen LogP contribution is -2.28. The zero-order chi connectivity index (χ0) is 18.7. The molecule has 1 atom stereocenters. The van der Waals surface area contributed by atoms with Crippen LogP contribution in [-0.2, 0) is 18.3 Å². The molecule has 1 heterocycles. The van der Waals surface area contributed by atoms with Gasteiger partial charge in [-0.3, -0.25) is 14.2 Å². The Morgan fingerprint density at radius 3 is 2.65 bits per heavy atom. The number of para-hydroxylation sites is 1. The predicted octanol–water partition coefficient (Wildman–Crippen LogP) is 3.51. The van der Waals surface area contributed by atoms with E-state index < -0.39 is 0 Å². The van der Waals surface area contributed by atoms with Crippen LogP contribution in [0, 0.1) is 0 Å². The Morgan fingerprint density at radius 2 is 1.88 bits per heavy atom. The molecule has 0 saturated carbocycles. The van der Waals surface area contributed by atoms with Crippen LogP contribution < -0.4 is 10.9 Å². The van der Waals surface area contributed by atoms with Crippen LogP contribution in [0.3, 0.4) is 0 Å². The van der Waals surface area contributed by atoms with Gasteiger partial charge in [-0.25, -0.2) is 4.98 Å². The number of carbonyl (C=O) groups is 1. The number of nitrogens with one attached hydrogen (secondary N) is 1. The maximum Gasteiger partial charge on any atom is 0.261 e. The van der Waals surface area contributed by atoms with Crippen LogP contribution in [0.4, 0.5) is 0 Å². The number of benzene rings is 2. The second-order valence-corrected chi connectivity index (χ2v) is 7.07.